The summed E-state index contributed by atoms with van der Waals surface area (Å²) >= 11 is 3.46. The molecule has 0 bridgehead atoms. The fourth-order valence-electron chi connectivity index (χ4n) is 2.63. The van der Waals surface area contributed by atoms with Crippen molar-refractivity contribution in [2.24, 2.45) is 0 Å². The average Bonchev–Trinajstić information content (AvgIpc) is 2.61. The molecule has 3 N–H and O–H groups in total. The number of rotatable bonds is 7. The number of halogens is 1. The van der Waals surface area contributed by atoms with E-state index in [1.165, 1.54) is 0 Å². The van der Waals surface area contributed by atoms with Crippen LogP contribution in [-0.2, 0) is 11.3 Å². The fraction of sp³-hybridized carbons (Fsp3) is 0.263. The quantitative estimate of drug-likeness (QED) is 0.634. The maximum atomic E-state index is 12.3. The lowest BCUT2D eigenvalue weighted by Crippen LogP contribution is -3.08. The predicted molar refractivity (Wildman–Crippen MR) is 105 cm³/mol. The normalized spacial score (nSPS) is 11.5. The van der Waals surface area contributed by atoms with Crippen molar-refractivity contribution in [2.75, 3.05) is 33.1 Å². The van der Waals surface area contributed by atoms with E-state index in [0.717, 1.165) is 20.7 Å². The molecular weight excluding hydrogens is 398 g/mol. The zero-order chi connectivity index (χ0) is 19.1. The van der Waals surface area contributed by atoms with Gasteiger partial charge in [0.25, 0.3) is 11.8 Å². The first-order valence-electron chi connectivity index (χ1n) is 8.18. The molecule has 0 aliphatic rings. The van der Waals surface area contributed by atoms with Crippen LogP contribution in [0.3, 0.4) is 0 Å². The molecule has 6 nitrogen and oxygen atoms in total. The monoisotopic (exact) mass is 420 g/mol. The van der Waals surface area contributed by atoms with E-state index in [1.807, 2.05) is 25.2 Å². The molecule has 0 heterocycles. The number of hydrogen-bond acceptors (Lipinski definition) is 3. The van der Waals surface area contributed by atoms with Crippen molar-refractivity contribution in [2.45, 2.75) is 6.54 Å². The van der Waals surface area contributed by atoms with Gasteiger partial charge in [0.05, 0.1) is 14.2 Å². The van der Waals surface area contributed by atoms with E-state index in [1.54, 1.807) is 38.4 Å². The second kappa shape index (κ2) is 9.35. The van der Waals surface area contributed by atoms with Crippen LogP contribution in [0, 0.1) is 0 Å². The third-order valence-electron chi connectivity index (χ3n) is 3.83. The minimum absolute atomic E-state index is 0.120. The molecule has 0 saturated carbocycles. The molecule has 0 saturated heterocycles. The van der Waals surface area contributed by atoms with Gasteiger partial charge in [0, 0.05) is 28.3 Å². The summed E-state index contributed by atoms with van der Waals surface area (Å²) in [5.74, 6) is 0.488. The lowest BCUT2D eigenvalue weighted by molar-refractivity contribution is -0.885. The Morgan fingerprint density at radius 1 is 1.19 bits per heavy atom. The highest BCUT2D eigenvalue weighted by Crippen LogP contribution is 2.22. The van der Waals surface area contributed by atoms with E-state index in [9.17, 15) is 9.59 Å². The van der Waals surface area contributed by atoms with Crippen molar-refractivity contribution in [1.29, 1.82) is 0 Å². The van der Waals surface area contributed by atoms with Crippen molar-refractivity contribution >= 4 is 33.4 Å². The van der Waals surface area contributed by atoms with Gasteiger partial charge in [-0.2, -0.15) is 0 Å². The number of nitrogens with one attached hydrogen (secondary N) is 3. The lowest BCUT2D eigenvalue weighted by Gasteiger charge is -2.16. The van der Waals surface area contributed by atoms with Gasteiger partial charge >= 0.3 is 0 Å². The Morgan fingerprint density at radius 3 is 2.65 bits per heavy atom. The molecule has 0 fully saturated rings. The molecule has 2 amide bonds. The van der Waals surface area contributed by atoms with Crippen molar-refractivity contribution < 1.29 is 19.2 Å². The highest BCUT2D eigenvalue weighted by atomic mass is 79.9. The topological polar surface area (TPSA) is 71.9 Å². The van der Waals surface area contributed by atoms with E-state index in [0.29, 0.717) is 24.3 Å². The van der Waals surface area contributed by atoms with Crippen LogP contribution in [-0.4, -0.2) is 39.6 Å². The van der Waals surface area contributed by atoms with E-state index in [4.69, 9.17) is 4.74 Å². The molecule has 0 aromatic heterocycles. The summed E-state index contributed by atoms with van der Waals surface area (Å²) in [5, 5.41) is 5.40. The molecule has 2 aromatic carbocycles. The number of amides is 2. The Labute approximate surface area is 161 Å². The number of hydrogen-bond donors (Lipinski definition) is 3. The third-order valence-corrected chi connectivity index (χ3v) is 4.33. The molecule has 26 heavy (non-hydrogen) atoms. The van der Waals surface area contributed by atoms with E-state index in [-0.39, 0.29) is 11.8 Å². The maximum absolute atomic E-state index is 12.3. The third kappa shape index (κ3) is 5.57. The largest absolute Gasteiger partial charge is 0.496 e. The van der Waals surface area contributed by atoms with Crippen LogP contribution in [0.1, 0.15) is 15.9 Å². The Hall–Kier alpha value is -2.38. The van der Waals surface area contributed by atoms with Gasteiger partial charge in [0.2, 0.25) is 0 Å². The van der Waals surface area contributed by atoms with E-state index < -0.39 is 0 Å². The number of carbonyl (C=O) groups excluding carboxylic acids is 2. The molecule has 7 heteroatoms. The highest BCUT2D eigenvalue weighted by Gasteiger charge is 2.14. The van der Waals surface area contributed by atoms with Crippen molar-refractivity contribution in [3.05, 3.63) is 58.1 Å². The first-order chi connectivity index (χ1) is 12.4. The van der Waals surface area contributed by atoms with Gasteiger partial charge in [-0.1, -0.05) is 22.0 Å². The Balaban J connectivity index is 1.97. The van der Waals surface area contributed by atoms with Crippen molar-refractivity contribution in [3.8, 4) is 5.75 Å². The first kappa shape index (κ1) is 19.9. The number of methoxy groups -OCH3 is 1. The summed E-state index contributed by atoms with van der Waals surface area (Å²) in [7, 11) is 5.15. The van der Waals surface area contributed by atoms with Crippen molar-refractivity contribution in [1.82, 2.24) is 5.32 Å². The van der Waals surface area contributed by atoms with Crippen molar-refractivity contribution in [3.63, 3.8) is 0 Å². The van der Waals surface area contributed by atoms with Crippen LogP contribution >= 0.6 is 15.9 Å². The van der Waals surface area contributed by atoms with Crippen LogP contribution in [0.15, 0.2) is 46.9 Å². The molecule has 0 spiro atoms. The van der Waals surface area contributed by atoms with Gasteiger partial charge in [0.1, 0.15) is 12.3 Å². The molecule has 0 aliphatic heterocycles. The summed E-state index contributed by atoms with van der Waals surface area (Å²) in [5.41, 5.74) is 2.13. The summed E-state index contributed by atoms with van der Waals surface area (Å²) in [6.45, 7) is 0.939. The summed E-state index contributed by atoms with van der Waals surface area (Å²) in [6.07, 6.45) is 0. The second-order valence-electron chi connectivity index (χ2n) is 5.97. The number of benzene rings is 2. The Kier molecular flexibility index (Phi) is 7.17. The Morgan fingerprint density at radius 2 is 1.96 bits per heavy atom. The molecule has 0 radical (unpaired) electrons. The molecule has 138 valence electrons. The smallest absolute Gasteiger partial charge is 0.279 e. The molecule has 1 atom stereocenters. The maximum Gasteiger partial charge on any atom is 0.279 e. The van der Waals surface area contributed by atoms with Crippen LogP contribution in [0.4, 0.5) is 5.69 Å². The highest BCUT2D eigenvalue weighted by molar-refractivity contribution is 9.10. The first-order valence-corrected chi connectivity index (χ1v) is 8.98. The van der Waals surface area contributed by atoms with Gasteiger partial charge in [-0.15, -0.1) is 0 Å². The zero-order valence-electron chi connectivity index (χ0n) is 15.1. The molecule has 1 unspecified atom stereocenters. The number of anilines is 1. The van der Waals surface area contributed by atoms with Gasteiger partial charge in [0.15, 0.2) is 6.54 Å². The minimum atomic E-state index is -0.189. The summed E-state index contributed by atoms with van der Waals surface area (Å²) in [6, 6.07) is 12.7. The van der Waals surface area contributed by atoms with Gasteiger partial charge in [-0.3, -0.25) is 9.59 Å². The second-order valence-corrected chi connectivity index (χ2v) is 6.89. The number of quaternary nitrogens is 1. The lowest BCUT2D eigenvalue weighted by atomic mass is 10.2. The van der Waals surface area contributed by atoms with Gasteiger partial charge < -0.3 is 20.3 Å². The SMILES string of the molecule is CNC(=O)c1cccc(NC(=O)C[NH+](C)Cc2cc(Br)ccc2OC)c1. The van der Waals surface area contributed by atoms with Crippen LogP contribution in [0.5, 0.6) is 5.75 Å². The average molecular weight is 421 g/mol. The number of ether oxygens (including phenoxy) is 1. The molecule has 0 aliphatic carbocycles. The number of carbonyl (C=O) groups is 2. The zero-order valence-corrected chi connectivity index (χ0v) is 16.6. The molecule has 2 aromatic rings. The Bertz CT molecular complexity index is 795. The van der Waals surface area contributed by atoms with Crippen LogP contribution in [0.2, 0.25) is 0 Å². The van der Waals surface area contributed by atoms with Gasteiger partial charge in [-0.25, -0.2) is 0 Å². The number of likely N-dealkylation sites (N-methyl/N-ethyl adjacent to an activating group) is 1. The fourth-order valence-corrected chi connectivity index (χ4v) is 3.04. The van der Waals surface area contributed by atoms with Crippen LogP contribution < -0.4 is 20.3 Å². The molecule has 2 rings (SSSR count). The summed E-state index contributed by atoms with van der Waals surface area (Å²) in [4.78, 5) is 25.0. The molecular formula is C19H23BrN3O3+. The van der Waals surface area contributed by atoms with Gasteiger partial charge in [-0.05, 0) is 36.4 Å². The summed E-state index contributed by atoms with van der Waals surface area (Å²) < 4.78 is 6.34. The minimum Gasteiger partial charge on any atom is -0.496 e. The standard InChI is InChI=1S/C19H22BrN3O3/c1-21-19(25)13-5-4-6-16(10-13)22-18(24)12-23(2)11-14-9-15(20)7-8-17(14)26-3/h4-10H,11-12H2,1-3H3,(H,21,25)(H,22,24)/p+1. The van der Waals surface area contributed by atoms with E-state index >= 15 is 0 Å². The van der Waals surface area contributed by atoms with Crippen LogP contribution in [0.25, 0.3) is 0 Å². The van der Waals surface area contributed by atoms with E-state index in [2.05, 4.69) is 26.6 Å². The predicted octanol–water partition coefficient (Wildman–Crippen LogP) is 1.47.